The SMILES string of the molecule is CN(C)[C@H](C(=O)NCCOc1cccc2cccnc12)c1cccc(F)c1. The van der Waals surface area contributed by atoms with Crippen LogP contribution >= 0.6 is 0 Å². The van der Waals surface area contributed by atoms with Crippen molar-refractivity contribution < 1.29 is 13.9 Å². The Morgan fingerprint density at radius 2 is 1.96 bits per heavy atom. The van der Waals surface area contributed by atoms with E-state index in [-0.39, 0.29) is 11.7 Å². The van der Waals surface area contributed by atoms with Gasteiger partial charge in [0.15, 0.2) is 0 Å². The monoisotopic (exact) mass is 367 g/mol. The Labute approximate surface area is 157 Å². The Morgan fingerprint density at radius 3 is 2.74 bits per heavy atom. The molecule has 0 aliphatic heterocycles. The average molecular weight is 367 g/mol. The van der Waals surface area contributed by atoms with Crippen LogP contribution in [0.3, 0.4) is 0 Å². The minimum atomic E-state index is -0.570. The van der Waals surface area contributed by atoms with E-state index in [1.54, 1.807) is 37.3 Å². The van der Waals surface area contributed by atoms with Gasteiger partial charge in [-0.05, 0) is 43.9 Å². The number of nitrogens with one attached hydrogen (secondary N) is 1. The second-order valence-electron chi connectivity index (χ2n) is 6.39. The Kier molecular flexibility index (Phi) is 5.98. The van der Waals surface area contributed by atoms with Crippen molar-refractivity contribution in [2.75, 3.05) is 27.2 Å². The van der Waals surface area contributed by atoms with Gasteiger partial charge in [0.25, 0.3) is 0 Å². The predicted octanol–water partition coefficient (Wildman–Crippen LogP) is 3.17. The molecule has 0 aliphatic rings. The molecule has 3 rings (SSSR count). The third kappa shape index (κ3) is 4.60. The summed E-state index contributed by atoms with van der Waals surface area (Å²) >= 11 is 0. The number of halogens is 1. The average Bonchev–Trinajstić information content (AvgIpc) is 2.65. The van der Waals surface area contributed by atoms with E-state index in [0.29, 0.717) is 24.5 Å². The van der Waals surface area contributed by atoms with Crippen LogP contribution in [-0.2, 0) is 4.79 Å². The van der Waals surface area contributed by atoms with E-state index < -0.39 is 6.04 Å². The minimum Gasteiger partial charge on any atom is -0.489 e. The Morgan fingerprint density at radius 1 is 1.19 bits per heavy atom. The molecule has 1 aromatic heterocycles. The number of ether oxygens (including phenoxy) is 1. The van der Waals surface area contributed by atoms with Crippen LogP contribution < -0.4 is 10.1 Å². The number of benzene rings is 2. The van der Waals surface area contributed by atoms with Gasteiger partial charge in [0.05, 0.1) is 6.54 Å². The van der Waals surface area contributed by atoms with E-state index in [1.165, 1.54) is 12.1 Å². The van der Waals surface area contributed by atoms with Crippen LogP contribution in [0.15, 0.2) is 60.8 Å². The number of hydrogen-bond donors (Lipinski definition) is 1. The molecular weight excluding hydrogens is 345 g/mol. The Balaban J connectivity index is 1.59. The molecule has 6 heteroatoms. The molecule has 2 aromatic carbocycles. The first kappa shape index (κ1) is 18.8. The lowest BCUT2D eigenvalue weighted by Crippen LogP contribution is -2.38. The number of amides is 1. The molecule has 0 radical (unpaired) electrons. The van der Waals surface area contributed by atoms with Crippen LogP contribution in [0, 0.1) is 5.82 Å². The quantitative estimate of drug-likeness (QED) is 0.652. The molecule has 0 fully saturated rings. The topological polar surface area (TPSA) is 54.5 Å². The molecule has 1 amide bonds. The van der Waals surface area contributed by atoms with Crippen molar-refractivity contribution in [3.8, 4) is 5.75 Å². The zero-order valence-corrected chi connectivity index (χ0v) is 15.4. The number of pyridine rings is 1. The standard InChI is InChI=1S/C21H22FN3O2/c1-25(2)20(16-7-3-9-17(22)14-16)21(26)24-12-13-27-18-10-4-6-15-8-5-11-23-19(15)18/h3-11,14,20H,12-13H2,1-2H3,(H,24,26)/t20-/m0/s1. The van der Waals surface area contributed by atoms with Gasteiger partial charge in [-0.15, -0.1) is 0 Å². The van der Waals surface area contributed by atoms with Crippen LogP contribution in [0.5, 0.6) is 5.75 Å². The highest BCUT2D eigenvalue weighted by molar-refractivity contribution is 5.84. The number of fused-ring (bicyclic) bond motifs is 1. The van der Waals surface area contributed by atoms with Crippen molar-refractivity contribution in [2.24, 2.45) is 0 Å². The maximum absolute atomic E-state index is 13.5. The summed E-state index contributed by atoms with van der Waals surface area (Å²) in [5.41, 5.74) is 1.40. The zero-order chi connectivity index (χ0) is 19.2. The normalized spacial score (nSPS) is 12.1. The van der Waals surface area contributed by atoms with Crippen molar-refractivity contribution in [3.05, 3.63) is 72.2 Å². The van der Waals surface area contributed by atoms with E-state index >= 15 is 0 Å². The smallest absolute Gasteiger partial charge is 0.242 e. The third-order valence-corrected chi connectivity index (χ3v) is 4.18. The largest absolute Gasteiger partial charge is 0.489 e. The summed E-state index contributed by atoms with van der Waals surface area (Å²) in [7, 11) is 3.57. The molecule has 0 spiro atoms. The van der Waals surface area contributed by atoms with Crippen molar-refractivity contribution in [1.82, 2.24) is 15.2 Å². The molecule has 0 saturated carbocycles. The van der Waals surface area contributed by atoms with Crippen LogP contribution in [-0.4, -0.2) is 43.0 Å². The lowest BCUT2D eigenvalue weighted by Gasteiger charge is -2.24. The summed E-state index contributed by atoms with van der Waals surface area (Å²) in [5.74, 6) is 0.112. The van der Waals surface area contributed by atoms with Crippen molar-refractivity contribution in [3.63, 3.8) is 0 Å². The number of carbonyl (C=O) groups is 1. The molecule has 0 unspecified atom stereocenters. The van der Waals surface area contributed by atoms with Gasteiger partial charge in [0, 0.05) is 11.6 Å². The lowest BCUT2D eigenvalue weighted by molar-refractivity contribution is -0.125. The lowest BCUT2D eigenvalue weighted by atomic mass is 10.1. The second-order valence-corrected chi connectivity index (χ2v) is 6.39. The molecule has 5 nitrogen and oxygen atoms in total. The first-order chi connectivity index (χ1) is 13.1. The number of nitrogens with zero attached hydrogens (tertiary/aromatic N) is 2. The molecule has 0 aliphatic carbocycles. The highest BCUT2D eigenvalue weighted by Gasteiger charge is 2.22. The molecular formula is C21H22FN3O2. The highest BCUT2D eigenvalue weighted by Crippen LogP contribution is 2.23. The van der Waals surface area contributed by atoms with E-state index in [2.05, 4.69) is 10.3 Å². The molecule has 1 heterocycles. The summed E-state index contributed by atoms with van der Waals surface area (Å²) in [5, 5.41) is 3.85. The number of rotatable bonds is 7. The van der Waals surface area contributed by atoms with Gasteiger partial charge >= 0.3 is 0 Å². The molecule has 27 heavy (non-hydrogen) atoms. The number of hydrogen-bond acceptors (Lipinski definition) is 4. The fraction of sp³-hybridized carbons (Fsp3) is 0.238. The van der Waals surface area contributed by atoms with E-state index in [9.17, 15) is 9.18 Å². The summed E-state index contributed by atoms with van der Waals surface area (Å²) < 4.78 is 19.3. The van der Waals surface area contributed by atoms with Crippen LogP contribution in [0.25, 0.3) is 10.9 Å². The maximum Gasteiger partial charge on any atom is 0.242 e. The van der Waals surface area contributed by atoms with Gasteiger partial charge in [0.1, 0.15) is 29.7 Å². The zero-order valence-electron chi connectivity index (χ0n) is 15.4. The van der Waals surface area contributed by atoms with Gasteiger partial charge < -0.3 is 10.1 Å². The van der Waals surface area contributed by atoms with Crippen molar-refractivity contribution in [1.29, 1.82) is 0 Å². The van der Waals surface area contributed by atoms with Gasteiger partial charge in [-0.1, -0.05) is 30.3 Å². The fourth-order valence-electron chi connectivity index (χ4n) is 2.99. The first-order valence-electron chi connectivity index (χ1n) is 8.72. The summed E-state index contributed by atoms with van der Waals surface area (Å²) in [6.45, 7) is 0.645. The van der Waals surface area contributed by atoms with Crippen LogP contribution in [0.1, 0.15) is 11.6 Å². The van der Waals surface area contributed by atoms with Crippen LogP contribution in [0.4, 0.5) is 4.39 Å². The van der Waals surface area contributed by atoms with E-state index in [4.69, 9.17) is 4.74 Å². The number of para-hydroxylation sites is 1. The van der Waals surface area contributed by atoms with Crippen LogP contribution in [0.2, 0.25) is 0 Å². The third-order valence-electron chi connectivity index (χ3n) is 4.18. The Hall–Kier alpha value is -2.99. The van der Waals surface area contributed by atoms with Crippen molar-refractivity contribution in [2.45, 2.75) is 6.04 Å². The number of likely N-dealkylation sites (N-methyl/N-ethyl adjacent to an activating group) is 1. The van der Waals surface area contributed by atoms with Gasteiger partial charge in [-0.2, -0.15) is 0 Å². The first-order valence-corrected chi connectivity index (χ1v) is 8.72. The molecule has 0 saturated heterocycles. The van der Waals surface area contributed by atoms with Gasteiger partial charge in [-0.3, -0.25) is 14.7 Å². The van der Waals surface area contributed by atoms with Gasteiger partial charge in [0.2, 0.25) is 5.91 Å². The molecule has 140 valence electrons. The highest BCUT2D eigenvalue weighted by atomic mass is 19.1. The molecule has 1 N–H and O–H groups in total. The number of carbonyl (C=O) groups excluding carboxylic acids is 1. The van der Waals surface area contributed by atoms with Crippen molar-refractivity contribution >= 4 is 16.8 Å². The molecule has 3 aromatic rings. The predicted molar refractivity (Wildman–Crippen MR) is 103 cm³/mol. The molecule has 1 atom stereocenters. The molecule has 0 bridgehead atoms. The number of aromatic nitrogens is 1. The fourth-order valence-corrected chi connectivity index (χ4v) is 2.99. The second kappa shape index (κ2) is 8.60. The maximum atomic E-state index is 13.5. The van der Waals surface area contributed by atoms with Gasteiger partial charge in [-0.25, -0.2) is 4.39 Å². The minimum absolute atomic E-state index is 0.203. The summed E-state index contributed by atoms with van der Waals surface area (Å²) in [4.78, 5) is 18.7. The Bertz CT molecular complexity index is 925. The van der Waals surface area contributed by atoms with E-state index in [0.717, 1.165) is 10.9 Å². The van der Waals surface area contributed by atoms with E-state index in [1.807, 2.05) is 30.3 Å². The summed E-state index contributed by atoms with van der Waals surface area (Å²) in [6.07, 6.45) is 1.72. The summed E-state index contributed by atoms with van der Waals surface area (Å²) in [6, 6.07) is 15.1.